The number of hydrogen-bond acceptors (Lipinski definition) is 3. The number of rotatable bonds is 6. The number of nitrogens with zero attached hydrogens (tertiary/aromatic N) is 1. The number of nitrogens with one attached hydrogen (secondary N) is 1. The molecule has 0 spiro atoms. The number of carbonyl (C=O) groups is 2. The van der Waals surface area contributed by atoms with Crippen molar-refractivity contribution in [1.82, 2.24) is 10.2 Å². The zero-order chi connectivity index (χ0) is 17.9. The molecule has 2 fully saturated rings. The van der Waals surface area contributed by atoms with Gasteiger partial charge in [0.25, 0.3) is 5.91 Å². The molecule has 1 aliphatic heterocycles. The van der Waals surface area contributed by atoms with Gasteiger partial charge in [0.15, 0.2) is 0 Å². The number of methoxy groups -OCH3 is 1. The fourth-order valence-corrected chi connectivity index (χ4v) is 3.90. The van der Waals surface area contributed by atoms with Gasteiger partial charge in [0.1, 0.15) is 11.3 Å². The zero-order valence-corrected chi connectivity index (χ0v) is 15.2. The van der Waals surface area contributed by atoms with Crippen LogP contribution in [0.4, 0.5) is 4.79 Å². The van der Waals surface area contributed by atoms with Gasteiger partial charge in [-0.15, -0.1) is 0 Å². The lowest BCUT2D eigenvalue weighted by molar-refractivity contribution is -0.131. The lowest BCUT2D eigenvalue weighted by atomic mass is 9.88. The Hall–Kier alpha value is -2.04. The van der Waals surface area contributed by atoms with Gasteiger partial charge in [0.2, 0.25) is 0 Å². The quantitative estimate of drug-likeness (QED) is 0.803. The second kappa shape index (κ2) is 7.46. The van der Waals surface area contributed by atoms with Crippen molar-refractivity contribution in [1.29, 1.82) is 0 Å². The molecule has 0 unspecified atom stereocenters. The maximum Gasteiger partial charge on any atom is 0.325 e. The summed E-state index contributed by atoms with van der Waals surface area (Å²) in [6, 6.07) is 7.62. The van der Waals surface area contributed by atoms with Gasteiger partial charge in [0, 0.05) is 6.54 Å². The van der Waals surface area contributed by atoms with Crippen molar-refractivity contribution in [3.8, 4) is 5.75 Å². The van der Waals surface area contributed by atoms with Crippen molar-refractivity contribution in [2.45, 2.75) is 57.4 Å². The normalized spacial score (nSPS) is 24.5. The van der Waals surface area contributed by atoms with E-state index in [1.54, 1.807) is 7.11 Å². The van der Waals surface area contributed by atoms with E-state index in [0.717, 1.165) is 30.6 Å². The van der Waals surface area contributed by atoms with E-state index in [1.807, 2.05) is 31.2 Å². The lowest BCUT2D eigenvalue weighted by Crippen LogP contribution is -2.44. The van der Waals surface area contributed by atoms with Gasteiger partial charge < -0.3 is 10.1 Å². The summed E-state index contributed by atoms with van der Waals surface area (Å²) in [5, 5.41) is 2.93. The van der Waals surface area contributed by atoms with Crippen LogP contribution in [0.1, 0.15) is 51.0 Å². The molecule has 25 heavy (non-hydrogen) atoms. The first kappa shape index (κ1) is 17.8. The Balaban J connectivity index is 1.60. The molecule has 5 nitrogen and oxygen atoms in total. The molecule has 136 valence electrons. The SMILES string of the molecule is COc1ccc(CC[C@]2(C)NC(=O)N(CC3CCCCC3)C2=O)cc1. The first-order chi connectivity index (χ1) is 12.0. The maximum absolute atomic E-state index is 12.9. The molecule has 5 heteroatoms. The van der Waals surface area contributed by atoms with Crippen molar-refractivity contribution in [2.75, 3.05) is 13.7 Å². The van der Waals surface area contributed by atoms with Crippen molar-refractivity contribution in [2.24, 2.45) is 5.92 Å². The highest BCUT2D eigenvalue weighted by molar-refractivity contribution is 6.06. The molecule has 1 heterocycles. The van der Waals surface area contributed by atoms with Crippen LogP contribution in [0, 0.1) is 5.92 Å². The Kier molecular flexibility index (Phi) is 5.30. The molecule has 3 amide bonds. The van der Waals surface area contributed by atoms with E-state index in [-0.39, 0.29) is 11.9 Å². The average Bonchev–Trinajstić information content (AvgIpc) is 2.85. The largest absolute Gasteiger partial charge is 0.497 e. The van der Waals surface area contributed by atoms with Gasteiger partial charge in [-0.05, 0) is 56.2 Å². The third kappa shape index (κ3) is 3.97. The topological polar surface area (TPSA) is 58.6 Å². The van der Waals surface area contributed by atoms with Crippen molar-refractivity contribution in [3.63, 3.8) is 0 Å². The number of hydrogen-bond donors (Lipinski definition) is 1. The molecule has 0 radical (unpaired) electrons. The molecule has 1 N–H and O–H groups in total. The van der Waals surface area contributed by atoms with E-state index in [1.165, 1.54) is 24.2 Å². The summed E-state index contributed by atoms with van der Waals surface area (Å²) in [6.07, 6.45) is 7.29. The fourth-order valence-electron chi connectivity index (χ4n) is 3.90. The van der Waals surface area contributed by atoms with Gasteiger partial charge in [0.05, 0.1) is 7.11 Å². The average molecular weight is 344 g/mol. The van der Waals surface area contributed by atoms with Gasteiger partial charge in [-0.3, -0.25) is 9.69 Å². The number of amides is 3. The minimum absolute atomic E-state index is 0.0726. The molecule has 1 saturated heterocycles. The smallest absolute Gasteiger partial charge is 0.325 e. The number of carbonyl (C=O) groups excluding carboxylic acids is 2. The van der Waals surface area contributed by atoms with E-state index in [0.29, 0.717) is 18.9 Å². The van der Waals surface area contributed by atoms with Gasteiger partial charge in [-0.2, -0.15) is 0 Å². The summed E-state index contributed by atoms with van der Waals surface area (Å²) < 4.78 is 5.17. The van der Waals surface area contributed by atoms with Gasteiger partial charge in [-0.25, -0.2) is 4.79 Å². The number of ether oxygens (including phenoxy) is 1. The van der Waals surface area contributed by atoms with E-state index < -0.39 is 5.54 Å². The Labute approximate surface area is 149 Å². The molecule has 1 aromatic rings. The van der Waals surface area contributed by atoms with Crippen LogP contribution in [-0.2, 0) is 11.2 Å². The molecule has 2 aliphatic rings. The predicted octanol–water partition coefficient (Wildman–Crippen LogP) is 3.52. The molecular formula is C20H28N2O3. The van der Waals surface area contributed by atoms with Crippen LogP contribution in [-0.4, -0.2) is 36.0 Å². The second-order valence-electron chi connectivity index (χ2n) is 7.53. The summed E-state index contributed by atoms with van der Waals surface area (Å²) in [5.41, 5.74) is 0.334. The number of imide groups is 1. The van der Waals surface area contributed by atoms with Crippen LogP contribution in [0.5, 0.6) is 5.75 Å². The fraction of sp³-hybridized carbons (Fsp3) is 0.600. The summed E-state index contributed by atoms with van der Waals surface area (Å²) >= 11 is 0. The molecule has 1 atom stereocenters. The minimum atomic E-state index is -0.800. The zero-order valence-electron chi connectivity index (χ0n) is 15.2. The summed E-state index contributed by atoms with van der Waals surface area (Å²) in [4.78, 5) is 26.7. The number of aryl methyl sites for hydroxylation is 1. The van der Waals surface area contributed by atoms with Crippen molar-refractivity contribution in [3.05, 3.63) is 29.8 Å². The van der Waals surface area contributed by atoms with Crippen molar-refractivity contribution >= 4 is 11.9 Å². The predicted molar refractivity (Wildman–Crippen MR) is 96.5 cm³/mol. The molecule has 0 aromatic heterocycles. The van der Waals surface area contributed by atoms with Crippen molar-refractivity contribution < 1.29 is 14.3 Å². The first-order valence-corrected chi connectivity index (χ1v) is 9.29. The molecule has 1 saturated carbocycles. The van der Waals surface area contributed by atoms with E-state index in [4.69, 9.17) is 4.74 Å². The number of urea groups is 1. The lowest BCUT2D eigenvalue weighted by Gasteiger charge is -2.26. The third-order valence-electron chi connectivity index (χ3n) is 5.58. The van der Waals surface area contributed by atoms with Crippen LogP contribution in [0.3, 0.4) is 0 Å². The van der Waals surface area contributed by atoms with Crippen LogP contribution in [0.2, 0.25) is 0 Å². The first-order valence-electron chi connectivity index (χ1n) is 9.29. The van der Waals surface area contributed by atoms with E-state index in [2.05, 4.69) is 5.32 Å². The Morgan fingerprint density at radius 1 is 1.16 bits per heavy atom. The highest BCUT2D eigenvalue weighted by Crippen LogP contribution is 2.29. The Morgan fingerprint density at radius 3 is 2.48 bits per heavy atom. The minimum Gasteiger partial charge on any atom is -0.497 e. The van der Waals surface area contributed by atoms with Crippen LogP contribution in [0.15, 0.2) is 24.3 Å². The molecule has 3 rings (SSSR count). The maximum atomic E-state index is 12.9. The highest BCUT2D eigenvalue weighted by Gasteiger charge is 2.47. The summed E-state index contributed by atoms with van der Waals surface area (Å²) in [7, 11) is 1.64. The monoisotopic (exact) mass is 344 g/mol. The molecule has 0 bridgehead atoms. The molecule has 1 aromatic carbocycles. The Bertz CT molecular complexity index is 622. The summed E-state index contributed by atoms with van der Waals surface area (Å²) in [5.74, 6) is 1.21. The van der Waals surface area contributed by atoms with Gasteiger partial charge >= 0.3 is 6.03 Å². The van der Waals surface area contributed by atoms with Gasteiger partial charge in [-0.1, -0.05) is 31.4 Å². The summed E-state index contributed by atoms with van der Waals surface area (Å²) in [6.45, 7) is 2.42. The number of benzene rings is 1. The van der Waals surface area contributed by atoms with Crippen LogP contribution < -0.4 is 10.1 Å². The van der Waals surface area contributed by atoms with E-state index >= 15 is 0 Å². The van der Waals surface area contributed by atoms with Crippen LogP contribution in [0.25, 0.3) is 0 Å². The second-order valence-corrected chi connectivity index (χ2v) is 7.53. The molecular weight excluding hydrogens is 316 g/mol. The molecule has 1 aliphatic carbocycles. The third-order valence-corrected chi connectivity index (χ3v) is 5.58. The van der Waals surface area contributed by atoms with Crippen LogP contribution >= 0.6 is 0 Å². The highest BCUT2D eigenvalue weighted by atomic mass is 16.5. The Morgan fingerprint density at radius 2 is 1.84 bits per heavy atom. The standard InChI is InChI=1S/C20H28N2O3/c1-20(13-12-15-8-10-17(25-2)11-9-15)18(23)22(19(24)21-20)14-16-6-4-3-5-7-16/h8-11,16H,3-7,12-14H2,1-2H3,(H,21,24)/t20-/m0/s1. The van der Waals surface area contributed by atoms with E-state index in [9.17, 15) is 9.59 Å².